The molecule has 0 bridgehead atoms. The van der Waals surface area contributed by atoms with E-state index in [1.165, 1.54) is 25.7 Å². The van der Waals surface area contributed by atoms with Crippen molar-refractivity contribution in [3.63, 3.8) is 0 Å². The molecule has 0 aromatic rings. The molecule has 2 fully saturated rings. The standard InChI is InChI=1S/C10H19NO/c1-10(12,8-4-5-8)9-3-2-6-11-7-9/h8-9,11-12H,2-7H2,1H3/t9-,10+/m0/s1. The summed E-state index contributed by atoms with van der Waals surface area (Å²) in [5.41, 5.74) is -0.382. The van der Waals surface area contributed by atoms with Crippen LogP contribution in [0.2, 0.25) is 0 Å². The maximum Gasteiger partial charge on any atom is 0.0687 e. The van der Waals surface area contributed by atoms with Gasteiger partial charge in [0, 0.05) is 12.5 Å². The molecule has 1 aliphatic carbocycles. The fourth-order valence-electron chi connectivity index (χ4n) is 2.35. The molecule has 2 atom stereocenters. The Morgan fingerprint density at radius 1 is 1.25 bits per heavy atom. The van der Waals surface area contributed by atoms with Crippen LogP contribution in [0.15, 0.2) is 0 Å². The van der Waals surface area contributed by atoms with Crippen LogP contribution >= 0.6 is 0 Å². The van der Waals surface area contributed by atoms with Crippen LogP contribution in [0.5, 0.6) is 0 Å². The van der Waals surface area contributed by atoms with E-state index in [9.17, 15) is 5.11 Å². The lowest BCUT2D eigenvalue weighted by Gasteiger charge is -2.36. The summed E-state index contributed by atoms with van der Waals surface area (Å²) in [5, 5.41) is 13.6. The molecule has 0 unspecified atom stereocenters. The van der Waals surface area contributed by atoms with Gasteiger partial charge in [0.15, 0.2) is 0 Å². The molecule has 0 radical (unpaired) electrons. The minimum absolute atomic E-state index is 0.382. The lowest BCUT2D eigenvalue weighted by Crippen LogP contribution is -2.45. The smallest absolute Gasteiger partial charge is 0.0687 e. The quantitative estimate of drug-likeness (QED) is 0.650. The monoisotopic (exact) mass is 169 g/mol. The van der Waals surface area contributed by atoms with E-state index in [2.05, 4.69) is 5.32 Å². The molecule has 0 amide bonds. The number of nitrogens with one attached hydrogen (secondary N) is 1. The van der Waals surface area contributed by atoms with Gasteiger partial charge in [0.1, 0.15) is 0 Å². The molecular weight excluding hydrogens is 150 g/mol. The van der Waals surface area contributed by atoms with E-state index in [0.29, 0.717) is 11.8 Å². The Labute approximate surface area is 74.4 Å². The largest absolute Gasteiger partial charge is 0.390 e. The van der Waals surface area contributed by atoms with E-state index in [1.807, 2.05) is 6.92 Å². The molecule has 2 heteroatoms. The Bertz CT molecular complexity index is 157. The maximum absolute atomic E-state index is 10.2. The number of piperidine rings is 1. The summed E-state index contributed by atoms with van der Waals surface area (Å²) in [6.45, 7) is 4.18. The van der Waals surface area contributed by atoms with Crippen LogP contribution in [0, 0.1) is 11.8 Å². The van der Waals surface area contributed by atoms with Crippen molar-refractivity contribution in [3.8, 4) is 0 Å². The summed E-state index contributed by atoms with van der Waals surface area (Å²) in [6, 6.07) is 0. The second-order valence-corrected chi connectivity index (χ2v) is 4.54. The average Bonchev–Trinajstić information content (AvgIpc) is 2.88. The minimum Gasteiger partial charge on any atom is -0.390 e. The first-order valence-electron chi connectivity index (χ1n) is 5.14. The third-order valence-electron chi connectivity index (χ3n) is 3.53. The van der Waals surface area contributed by atoms with E-state index in [1.54, 1.807) is 0 Å². The molecular formula is C10H19NO. The van der Waals surface area contributed by atoms with Crippen molar-refractivity contribution < 1.29 is 5.11 Å². The fraction of sp³-hybridized carbons (Fsp3) is 1.00. The minimum atomic E-state index is -0.382. The van der Waals surface area contributed by atoms with Crippen molar-refractivity contribution in [2.75, 3.05) is 13.1 Å². The Balaban J connectivity index is 1.95. The summed E-state index contributed by atoms with van der Waals surface area (Å²) in [6.07, 6.45) is 4.91. The van der Waals surface area contributed by atoms with Crippen LogP contribution in [0.25, 0.3) is 0 Å². The molecule has 2 N–H and O–H groups in total. The van der Waals surface area contributed by atoms with E-state index in [-0.39, 0.29) is 5.60 Å². The molecule has 1 heterocycles. The average molecular weight is 169 g/mol. The lowest BCUT2D eigenvalue weighted by atomic mass is 9.80. The van der Waals surface area contributed by atoms with E-state index in [4.69, 9.17) is 0 Å². The van der Waals surface area contributed by atoms with Crippen LogP contribution < -0.4 is 5.32 Å². The molecule has 2 rings (SSSR count). The second-order valence-electron chi connectivity index (χ2n) is 4.54. The predicted molar refractivity (Wildman–Crippen MR) is 48.9 cm³/mol. The lowest BCUT2D eigenvalue weighted by molar-refractivity contribution is -0.0303. The van der Waals surface area contributed by atoms with E-state index in [0.717, 1.165) is 13.1 Å². The Kier molecular flexibility index (Phi) is 2.13. The van der Waals surface area contributed by atoms with Crippen molar-refractivity contribution in [1.29, 1.82) is 0 Å². The SMILES string of the molecule is C[C@@](O)(C1CC1)[C@H]1CCCNC1. The highest BCUT2D eigenvalue weighted by Crippen LogP contribution is 2.44. The van der Waals surface area contributed by atoms with Gasteiger partial charge in [-0.1, -0.05) is 0 Å². The van der Waals surface area contributed by atoms with Crippen molar-refractivity contribution in [2.24, 2.45) is 11.8 Å². The van der Waals surface area contributed by atoms with Crippen molar-refractivity contribution >= 4 is 0 Å². The zero-order valence-corrected chi connectivity index (χ0v) is 7.84. The molecule has 0 aromatic heterocycles. The van der Waals surface area contributed by atoms with Gasteiger partial charge in [-0.25, -0.2) is 0 Å². The first-order valence-corrected chi connectivity index (χ1v) is 5.14. The topological polar surface area (TPSA) is 32.3 Å². The molecule has 70 valence electrons. The van der Waals surface area contributed by atoms with Gasteiger partial charge in [-0.05, 0) is 45.1 Å². The molecule has 2 aliphatic rings. The zero-order valence-electron chi connectivity index (χ0n) is 7.84. The summed E-state index contributed by atoms with van der Waals surface area (Å²) in [7, 11) is 0. The van der Waals surface area contributed by atoms with Crippen LogP contribution in [-0.4, -0.2) is 23.8 Å². The van der Waals surface area contributed by atoms with Gasteiger partial charge < -0.3 is 10.4 Å². The number of hydrogen-bond donors (Lipinski definition) is 2. The van der Waals surface area contributed by atoms with Gasteiger partial charge in [-0.2, -0.15) is 0 Å². The summed E-state index contributed by atoms with van der Waals surface area (Å²) in [5.74, 6) is 1.10. The summed E-state index contributed by atoms with van der Waals surface area (Å²) in [4.78, 5) is 0. The highest BCUT2D eigenvalue weighted by molar-refractivity contribution is 4.97. The first kappa shape index (κ1) is 8.52. The zero-order chi connectivity index (χ0) is 8.60. The highest BCUT2D eigenvalue weighted by Gasteiger charge is 2.45. The Morgan fingerprint density at radius 3 is 2.50 bits per heavy atom. The summed E-state index contributed by atoms with van der Waals surface area (Å²) < 4.78 is 0. The fourth-order valence-corrected chi connectivity index (χ4v) is 2.35. The van der Waals surface area contributed by atoms with Gasteiger partial charge in [0.05, 0.1) is 5.60 Å². The molecule has 2 nitrogen and oxygen atoms in total. The molecule has 1 aliphatic heterocycles. The molecule has 12 heavy (non-hydrogen) atoms. The molecule has 1 saturated carbocycles. The summed E-state index contributed by atoms with van der Waals surface area (Å²) >= 11 is 0. The third kappa shape index (κ3) is 1.50. The first-order chi connectivity index (χ1) is 5.71. The van der Waals surface area contributed by atoms with Crippen molar-refractivity contribution in [3.05, 3.63) is 0 Å². The van der Waals surface area contributed by atoms with Crippen molar-refractivity contribution in [2.45, 2.75) is 38.2 Å². The van der Waals surface area contributed by atoms with Crippen LogP contribution in [0.1, 0.15) is 32.6 Å². The molecule has 0 aromatic carbocycles. The number of aliphatic hydroxyl groups is 1. The highest BCUT2D eigenvalue weighted by atomic mass is 16.3. The normalized spacial score (nSPS) is 36.0. The van der Waals surface area contributed by atoms with Crippen LogP contribution in [0.3, 0.4) is 0 Å². The van der Waals surface area contributed by atoms with E-state index >= 15 is 0 Å². The van der Waals surface area contributed by atoms with Gasteiger partial charge in [0.25, 0.3) is 0 Å². The van der Waals surface area contributed by atoms with Gasteiger partial charge in [-0.3, -0.25) is 0 Å². The van der Waals surface area contributed by atoms with E-state index < -0.39 is 0 Å². The maximum atomic E-state index is 10.2. The van der Waals surface area contributed by atoms with Gasteiger partial charge >= 0.3 is 0 Å². The van der Waals surface area contributed by atoms with Crippen molar-refractivity contribution in [1.82, 2.24) is 5.32 Å². The van der Waals surface area contributed by atoms with Crippen LogP contribution in [-0.2, 0) is 0 Å². The van der Waals surface area contributed by atoms with Gasteiger partial charge in [-0.15, -0.1) is 0 Å². The van der Waals surface area contributed by atoms with Crippen LogP contribution in [0.4, 0.5) is 0 Å². The number of rotatable bonds is 2. The Morgan fingerprint density at radius 2 is 2.00 bits per heavy atom. The number of hydrogen-bond acceptors (Lipinski definition) is 2. The third-order valence-corrected chi connectivity index (χ3v) is 3.53. The molecule has 0 spiro atoms. The van der Waals surface area contributed by atoms with Gasteiger partial charge in [0.2, 0.25) is 0 Å². The molecule has 1 saturated heterocycles. The second kappa shape index (κ2) is 3.00. The predicted octanol–water partition coefficient (Wildman–Crippen LogP) is 1.15. The Hall–Kier alpha value is -0.0800.